The van der Waals surface area contributed by atoms with E-state index in [1.807, 2.05) is 30.3 Å². The molecule has 2 atom stereocenters. The van der Waals surface area contributed by atoms with Crippen LogP contribution < -0.4 is 0 Å². The summed E-state index contributed by atoms with van der Waals surface area (Å²) in [6.07, 6.45) is 3.54. The molecule has 7 nitrogen and oxygen atoms in total. The largest absolute Gasteiger partial charge is 0.410 e. The van der Waals surface area contributed by atoms with E-state index in [1.165, 1.54) is 22.5 Å². The molecule has 0 unspecified atom stereocenters. The van der Waals surface area contributed by atoms with E-state index in [9.17, 15) is 18.5 Å². The molecule has 1 aliphatic heterocycles. The van der Waals surface area contributed by atoms with Crippen LogP contribution in [0.15, 0.2) is 70.8 Å². The van der Waals surface area contributed by atoms with Crippen LogP contribution in [0.25, 0.3) is 0 Å². The maximum absolute atomic E-state index is 14.3. The first-order valence-electron chi connectivity index (χ1n) is 12.6. The van der Waals surface area contributed by atoms with Gasteiger partial charge in [0.1, 0.15) is 0 Å². The van der Waals surface area contributed by atoms with E-state index in [2.05, 4.69) is 33.9 Å². The highest BCUT2D eigenvalue weighted by molar-refractivity contribution is 7.89. The lowest BCUT2D eigenvalue weighted by molar-refractivity contribution is -0.387. The summed E-state index contributed by atoms with van der Waals surface area (Å²) in [5.41, 5.74) is 2.26. The minimum Gasteiger partial charge on any atom is -0.410 e. The van der Waals surface area contributed by atoms with Crippen LogP contribution in [0.1, 0.15) is 64.5 Å². The van der Waals surface area contributed by atoms with Crippen molar-refractivity contribution in [3.63, 3.8) is 0 Å². The van der Waals surface area contributed by atoms with Gasteiger partial charge < -0.3 is 4.43 Å². The van der Waals surface area contributed by atoms with Crippen molar-refractivity contribution in [3.8, 4) is 0 Å². The van der Waals surface area contributed by atoms with Crippen molar-refractivity contribution in [2.75, 3.05) is 0 Å². The van der Waals surface area contributed by atoms with Crippen molar-refractivity contribution in [1.82, 2.24) is 4.31 Å². The molecule has 0 bridgehead atoms. The topological polar surface area (TPSA) is 89.8 Å². The van der Waals surface area contributed by atoms with Crippen LogP contribution in [0.4, 0.5) is 5.69 Å². The van der Waals surface area contributed by atoms with Crippen molar-refractivity contribution < 1.29 is 17.8 Å². The standard InChI is InChI=1S/C27H36N2O5SSi/c1-27(2,3)36(4,5)34-25-19-24(20-13-7-6-8-14-20)28(22-16-10-9-15-21(22)25)35(32,33)26-18-12-11-17-23(26)29(30)31/h6-8,11-14,17-18,24-25H,9-10,15-16,19H2,1-5H3/t24-,25-/m1/s1. The lowest BCUT2D eigenvalue weighted by atomic mass is 9.84. The third-order valence-electron chi connectivity index (χ3n) is 7.88. The average molecular weight is 529 g/mol. The maximum atomic E-state index is 14.3. The van der Waals surface area contributed by atoms with Crippen LogP contribution in [0.3, 0.4) is 0 Å². The van der Waals surface area contributed by atoms with E-state index >= 15 is 0 Å². The Balaban J connectivity index is 1.92. The Morgan fingerprint density at radius 3 is 2.25 bits per heavy atom. The smallest absolute Gasteiger partial charge is 0.289 e. The normalized spacial score (nSPS) is 21.3. The predicted octanol–water partition coefficient (Wildman–Crippen LogP) is 6.95. The summed E-state index contributed by atoms with van der Waals surface area (Å²) in [5, 5.41) is 11.8. The van der Waals surface area contributed by atoms with Gasteiger partial charge in [0.15, 0.2) is 13.2 Å². The van der Waals surface area contributed by atoms with Crippen molar-refractivity contribution in [1.29, 1.82) is 0 Å². The number of nitro benzene ring substituents is 1. The Morgan fingerprint density at radius 1 is 1.00 bits per heavy atom. The molecule has 2 aliphatic rings. The summed E-state index contributed by atoms with van der Waals surface area (Å²) in [6, 6.07) is 14.7. The number of nitro groups is 1. The van der Waals surface area contributed by atoms with Crippen LogP contribution in [0.5, 0.6) is 0 Å². The van der Waals surface area contributed by atoms with E-state index < -0.39 is 35.0 Å². The number of allylic oxidation sites excluding steroid dienone is 1. The van der Waals surface area contributed by atoms with Gasteiger partial charge in [-0.3, -0.25) is 14.4 Å². The highest BCUT2D eigenvalue weighted by Gasteiger charge is 2.47. The summed E-state index contributed by atoms with van der Waals surface area (Å²) in [4.78, 5) is 10.9. The minimum atomic E-state index is -4.21. The zero-order valence-electron chi connectivity index (χ0n) is 21.7. The third-order valence-corrected chi connectivity index (χ3v) is 14.3. The molecular weight excluding hydrogens is 492 g/mol. The molecule has 36 heavy (non-hydrogen) atoms. The van der Waals surface area contributed by atoms with Gasteiger partial charge in [-0.1, -0.05) is 63.2 Å². The van der Waals surface area contributed by atoms with Gasteiger partial charge in [0.2, 0.25) is 0 Å². The molecule has 1 aliphatic carbocycles. The quantitative estimate of drug-likeness (QED) is 0.230. The van der Waals surface area contributed by atoms with E-state index in [-0.39, 0.29) is 16.0 Å². The molecule has 9 heteroatoms. The second-order valence-corrected chi connectivity index (χ2v) is 17.8. The van der Waals surface area contributed by atoms with E-state index in [4.69, 9.17) is 4.43 Å². The van der Waals surface area contributed by atoms with Crippen molar-refractivity contribution in [2.24, 2.45) is 0 Å². The lowest BCUT2D eigenvalue weighted by Crippen LogP contribution is -2.49. The van der Waals surface area contributed by atoms with Gasteiger partial charge in [-0.05, 0) is 61.0 Å². The highest BCUT2D eigenvalue weighted by atomic mass is 32.2. The Bertz CT molecular complexity index is 1270. The van der Waals surface area contributed by atoms with Gasteiger partial charge in [0, 0.05) is 18.2 Å². The molecule has 4 rings (SSSR count). The molecule has 0 amide bonds. The number of benzene rings is 2. The average Bonchev–Trinajstić information content (AvgIpc) is 2.83. The second kappa shape index (κ2) is 9.76. The Morgan fingerprint density at radius 2 is 1.61 bits per heavy atom. The summed E-state index contributed by atoms with van der Waals surface area (Å²) in [6.45, 7) is 11.1. The molecule has 2 aromatic rings. The summed E-state index contributed by atoms with van der Waals surface area (Å²) in [7, 11) is -6.36. The summed E-state index contributed by atoms with van der Waals surface area (Å²) >= 11 is 0. The van der Waals surface area contributed by atoms with Gasteiger partial charge in [-0.25, -0.2) is 8.42 Å². The van der Waals surface area contributed by atoms with Crippen LogP contribution in [-0.2, 0) is 14.4 Å². The molecule has 0 saturated carbocycles. The van der Waals surface area contributed by atoms with Gasteiger partial charge in [0.05, 0.1) is 17.1 Å². The second-order valence-electron chi connectivity index (χ2n) is 11.2. The van der Waals surface area contributed by atoms with Crippen molar-refractivity contribution in [3.05, 3.63) is 81.5 Å². The lowest BCUT2D eigenvalue weighted by Gasteiger charge is -2.48. The third kappa shape index (κ3) is 4.88. The minimum absolute atomic E-state index is 0.0124. The maximum Gasteiger partial charge on any atom is 0.289 e. The SMILES string of the molecule is CC(C)(C)[Si](C)(C)O[C@@H]1C[C@H](c2ccccc2)N(S(=O)(=O)c2ccccc2[N+](=O)[O-])C2=C1CCCC2. The van der Waals surface area contributed by atoms with E-state index in [0.717, 1.165) is 36.1 Å². The van der Waals surface area contributed by atoms with Crippen LogP contribution in [0.2, 0.25) is 18.1 Å². The molecule has 0 spiro atoms. The predicted molar refractivity (Wildman–Crippen MR) is 143 cm³/mol. The van der Waals surface area contributed by atoms with E-state index in [1.54, 1.807) is 6.07 Å². The molecule has 0 aromatic heterocycles. The fraction of sp³-hybridized carbons (Fsp3) is 0.481. The van der Waals surface area contributed by atoms with Crippen LogP contribution >= 0.6 is 0 Å². The zero-order valence-corrected chi connectivity index (χ0v) is 23.5. The Labute approximate surface area is 215 Å². The zero-order chi connectivity index (χ0) is 26.3. The molecule has 0 saturated heterocycles. The number of sulfonamides is 1. The molecule has 0 fully saturated rings. The fourth-order valence-corrected chi connectivity index (χ4v) is 8.20. The van der Waals surface area contributed by atoms with Gasteiger partial charge >= 0.3 is 0 Å². The summed E-state index contributed by atoms with van der Waals surface area (Å²) < 4.78 is 37.0. The van der Waals surface area contributed by atoms with Crippen LogP contribution in [0, 0.1) is 10.1 Å². The molecule has 0 N–H and O–H groups in total. The first-order valence-corrected chi connectivity index (χ1v) is 16.9. The molecule has 2 aromatic carbocycles. The molecule has 194 valence electrons. The summed E-state index contributed by atoms with van der Waals surface area (Å²) in [5.74, 6) is 0. The highest BCUT2D eigenvalue weighted by Crippen LogP contribution is 2.49. The first-order chi connectivity index (χ1) is 16.8. The van der Waals surface area contributed by atoms with Crippen LogP contribution in [-0.4, -0.2) is 32.1 Å². The Hall–Kier alpha value is -2.49. The van der Waals surface area contributed by atoms with Crippen molar-refractivity contribution in [2.45, 2.75) is 88.0 Å². The monoisotopic (exact) mass is 528 g/mol. The number of hydrogen-bond acceptors (Lipinski definition) is 5. The van der Waals surface area contributed by atoms with Gasteiger partial charge in [-0.15, -0.1) is 0 Å². The molecule has 1 heterocycles. The van der Waals surface area contributed by atoms with Crippen molar-refractivity contribution >= 4 is 24.0 Å². The first kappa shape index (κ1) is 26.6. The van der Waals surface area contributed by atoms with E-state index in [0.29, 0.717) is 12.8 Å². The van der Waals surface area contributed by atoms with Gasteiger partial charge in [0.25, 0.3) is 15.7 Å². The fourth-order valence-electron chi connectivity index (χ4n) is 4.98. The number of para-hydroxylation sites is 1. The number of hydrogen-bond donors (Lipinski definition) is 0. The van der Waals surface area contributed by atoms with Gasteiger partial charge in [-0.2, -0.15) is 0 Å². The number of nitrogens with zero attached hydrogens (tertiary/aromatic N) is 2. The molecular formula is C27H36N2O5SSi. The Kier molecular flexibility index (Phi) is 7.20. The number of rotatable bonds is 6. The molecule has 0 radical (unpaired) electrons.